The lowest BCUT2D eigenvalue weighted by atomic mass is 9.91. The molecule has 57 heavy (non-hydrogen) atoms. The van der Waals surface area contributed by atoms with E-state index < -0.39 is 24.3 Å². The van der Waals surface area contributed by atoms with Crippen LogP contribution in [-0.2, 0) is 4.79 Å². The van der Waals surface area contributed by atoms with Crippen molar-refractivity contribution in [2.24, 2.45) is 0 Å². The molecule has 6 N–H and O–H groups in total. The largest absolute Gasteiger partial charge is 0.388 e. The minimum absolute atomic E-state index is 0.00907. The fraction of sp³-hybridized carbons (Fsp3) is 0.429. The van der Waals surface area contributed by atoms with Gasteiger partial charge in [-0.1, -0.05) is 73.7 Å². The Morgan fingerprint density at radius 2 is 1.53 bits per heavy atom. The zero-order valence-corrected chi connectivity index (χ0v) is 32.1. The number of aromatic nitrogens is 5. The van der Waals surface area contributed by atoms with E-state index >= 15 is 0 Å². The molecular formula is C42H51N11O4. The van der Waals surface area contributed by atoms with Crippen LogP contribution in [0, 0.1) is 0 Å². The van der Waals surface area contributed by atoms with Gasteiger partial charge in [0.05, 0.1) is 18.4 Å². The molecule has 15 nitrogen and oxygen atoms in total. The summed E-state index contributed by atoms with van der Waals surface area (Å²) in [4.78, 5) is 48.9. The normalized spacial score (nSPS) is 22.6. The minimum atomic E-state index is -1.16. The van der Waals surface area contributed by atoms with Gasteiger partial charge in [-0.3, -0.25) is 4.79 Å². The van der Waals surface area contributed by atoms with Crippen molar-refractivity contribution in [2.45, 2.75) is 81.3 Å². The van der Waals surface area contributed by atoms with Crippen LogP contribution in [0.5, 0.6) is 0 Å². The molecule has 3 aromatic heterocycles. The zero-order valence-electron chi connectivity index (χ0n) is 32.1. The van der Waals surface area contributed by atoms with Gasteiger partial charge in [0, 0.05) is 63.3 Å². The number of carbonyl (C=O) groups excluding carboxylic acids is 2. The Morgan fingerprint density at radius 3 is 2.21 bits per heavy atom. The molecule has 3 aliphatic rings. The number of fused-ring (bicyclic) bond motifs is 1. The highest BCUT2D eigenvalue weighted by atomic mass is 16.3. The summed E-state index contributed by atoms with van der Waals surface area (Å²) in [5.74, 6) is 1.66. The number of likely N-dealkylation sites (tertiary alicyclic amines) is 1. The minimum Gasteiger partial charge on any atom is -0.388 e. The van der Waals surface area contributed by atoms with Crippen molar-refractivity contribution in [1.82, 2.24) is 40.0 Å². The summed E-state index contributed by atoms with van der Waals surface area (Å²) in [6.07, 6.45) is 4.10. The lowest BCUT2D eigenvalue weighted by Gasteiger charge is -2.33. The number of aliphatic hydroxyl groups is 2. The van der Waals surface area contributed by atoms with Gasteiger partial charge >= 0.3 is 6.03 Å². The molecular weight excluding hydrogens is 723 g/mol. The fourth-order valence-corrected chi connectivity index (χ4v) is 8.39. The number of pyridine rings is 1. The second kappa shape index (κ2) is 17.1. The monoisotopic (exact) mass is 773 g/mol. The van der Waals surface area contributed by atoms with Gasteiger partial charge < -0.3 is 45.8 Å². The second-order valence-electron chi connectivity index (χ2n) is 15.3. The van der Waals surface area contributed by atoms with Crippen molar-refractivity contribution < 1.29 is 19.8 Å². The van der Waals surface area contributed by atoms with Gasteiger partial charge in [-0.2, -0.15) is 9.97 Å². The van der Waals surface area contributed by atoms with Gasteiger partial charge in [-0.05, 0) is 48.9 Å². The van der Waals surface area contributed by atoms with Crippen LogP contribution in [0.15, 0.2) is 91.4 Å². The number of benzene rings is 2. The number of hydrogen-bond donors (Lipinski definition) is 6. The Morgan fingerprint density at radius 1 is 0.825 bits per heavy atom. The van der Waals surface area contributed by atoms with Gasteiger partial charge in [-0.15, -0.1) is 0 Å². The number of urea groups is 1. The first-order valence-electron chi connectivity index (χ1n) is 20.1. The number of rotatable bonds is 12. The number of amides is 3. The van der Waals surface area contributed by atoms with E-state index in [-0.39, 0.29) is 36.4 Å². The van der Waals surface area contributed by atoms with E-state index in [1.807, 2.05) is 59.5 Å². The molecule has 8 rings (SSSR count). The first kappa shape index (κ1) is 38.1. The van der Waals surface area contributed by atoms with Crippen molar-refractivity contribution in [3.8, 4) is 0 Å². The van der Waals surface area contributed by atoms with Crippen LogP contribution in [0.1, 0.15) is 62.1 Å². The number of nitrogens with zero attached hydrogens (tertiary/aromatic N) is 7. The highest BCUT2D eigenvalue weighted by molar-refractivity contribution is 5.84. The maximum Gasteiger partial charge on any atom is 0.317 e. The molecule has 15 heteroatoms. The summed E-state index contributed by atoms with van der Waals surface area (Å²) in [6.45, 7) is 5.01. The number of hydrogen-bond acceptors (Lipinski definition) is 11. The maximum atomic E-state index is 13.4. The van der Waals surface area contributed by atoms with Gasteiger partial charge in [0.1, 0.15) is 18.0 Å². The van der Waals surface area contributed by atoms with E-state index in [1.165, 1.54) is 0 Å². The molecule has 0 spiro atoms. The Balaban J connectivity index is 1.00. The van der Waals surface area contributed by atoms with Gasteiger partial charge in [-0.25, -0.2) is 14.8 Å². The van der Waals surface area contributed by atoms with Crippen molar-refractivity contribution in [2.75, 3.05) is 48.3 Å². The first-order valence-corrected chi connectivity index (χ1v) is 20.1. The molecule has 0 radical (unpaired) electrons. The van der Waals surface area contributed by atoms with Gasteiger partial charge in [0.15, 0.2) is 17.0 Å². The highest BCUT2D eigenvalue weighted by Crippen LogP contribution is 2.35. The third-order valence-electron chi connectivity index (χ3n) is 11.6. The number of imidazole rings is 1. The SMILES string of the molecule is CCC(=O)N[C@H]1C[C@@H](n2cnc3c(NCC(c4ccccc4)c4ccccc4)nc(N[C@@H]4CCN(C(=O)NC5CCN(c6ccccn6)CC5)C4)nc32)[C@H](O)[C@@H]1O. The summed E-state index contributed by atoms with van der Waals surface area (Å²) in [5, 5.41) is 35.4. The van der Waals surface area contributed by atoms with Crippen LogP contribution < -0.4 is 26.2 Å². The predicted octanol–water partition coefficient (Wildman–Crippen LogP) is 3.89. The number of aliphatic hydroxyl groups excluding tert-OH is 2. The third kappa shape index (κ3) is 8.49. The lowest BCUT2D eigenvalue weighted by molar-refractivity contribution is -0.122. The summed E-state index contributed by atoms with van der Waals surface area (Å²) >= 11 is 0. The maximum absolute atomic E-state index is 13.4. The summed E-state index contributed by atoms with van der Waals surface area (Å²) in [7, 11) is 0. The lowest BCUT2D eigenvalue weighted by Crippen LogP contribution is -2.49. The van der Waals surface area contributed by atoms with Crippen LogP contribution in [0.4, 0.5) is 22.4 Å². The van der Waals surface area contributed by atoms with Gasteiger partial charge in [0.2, 0.25) is 11.9 Å². The van der Waals surface area contributed by atoms with Crippen LogP contribution in [0.2, 0.25) is 0 Å². The van der Waals surface area contributed by atoms with Crippen molar-refractivity contribution in [3.63, 3.8) is 0 Å². The molecule has 2 aliphatic heterocycles. The van der Waals surface area contributed by atoms with E-state index in [0.29, 0.717) is 55.4 Å². The van der Waals surface area contributed by atoms with Crippen molar-refractivity contribution in [1.29, 1.82) is 0 Å². The first-order chi connectivity index (χ1) is 27.8. The van der Waals surface area contributed by atoms with Crippen molar-refractivity contribution in [3.05, 3.63) is 103 Å². The Kier molecular flexibility index (Phi) is 11.5. The Labute approximate surface area is 331 Å². The van der Waals surface area contributed by atoms with E-state index in [1.54, 1.807) is 24.0 Å². The Bertz CT molecular complexity index is 2070. The molecule has 1 aliphatic carbocycles. The standard InChI is InChI=1S/C42H51N11O4/c1-2-35(54)48-32-23-33(38(56)37(32)55)53-26-45-36-39(44-24-31(27-11-5-3-6-12-27)28-13-7-4-8-14-28)49-41(50-40(36)53)46-30-18-22-52(25-30)42(57)47-29-16-20-51(21-17-29)34-15-9-10-19-43-34/h3-15,19,26,29-33,37-38,55-56H,2,16-18,20-25H2,1H3,(H,47,57)(H,48,54)(H2,44,46,49,50)/t30-,32+,33-,37-,38+/m1/s1. The highest BCUT2D eigenvalue weighted by Gasteiger charge is 2.44. The fourth-order valence-electron chi connectivity index (χ4n) is 8.39. The van der Waals surface area contributed by atoms with Crippen LogP contribution >= 0.6 is 0 Å². The molecule has 2 aromatic carbocycles. The van der Waals surface area contributed by atoms with Crippen LogP contribution in [0.25, 0.3) is 11.2 Å². The molecule has 3 fully saturated rings. The third-order valence-corrected chi connectivity index (χ3v) is 11.6. The van der Waals surface area contributed by atoms with E-state index in [2.05, 4.69) is 55.4 Å². The molecule has 5 heterocycles. The average Bonchev–Trinajstić information content (AvgIpc) is 3.97. The summed E-state index contributed by atoms with van der Waals surface area (Å²) in [5.41, 5.74) is 3.30. The quantitative estimate of drug-likeness (QED) is 0.108. The molecule has 5 atom stereocenters. The molecule has 0 unspecified atom stereocenters. The van der Waals surface area contributed by atoms with E-state index in [9.17, 15) is 19.8 Å². The number of nitrogens with one attached hydrogen (secondary N) is 4. The van der Waals surface area contributed by atoms with E-state index in [0.717, 1.165) is 42.9 Å². The predicted molar refractivity (Wildman–Crippen MR) is 218 cm³/mol. The molecule has 0 bridgehead atoms. The number of carbonyl (C=O) groups is 2. The topological polar surface area (TPSA) is 186 Å². The van der Waals surface area contributed by atoms with Gasteiger partial charge in [0.25, 0.3) is 0 Å². The van der Waals surface area contributed by atoms with E-state index in [4.69, 9.17) is 15.0 Å². The second-order valence-corrected chi connectivity index (χ2v) is 15.3. The smallest absolute Gasteiger partial charge is 0.317 e. The van der Waals surface area contributed by atoms with Crippen LogP contribution in [0.3, 0.4) is 0 Å². The molecule has 298 valence electrons. The summed E-state index contributed by atoms with van der Waals surface area (Å²) in [6, 6.07) is 25.3. The molecule has 1 saturated carbocycles. The van der Waals surface area contributed by atoms with Crippen LogP contribution in [-0.4, -0.2) is 115 Å². The molecule has 3 amide bonds. The molecule has 5 aromatic rings. The Hall–Kier alpha value is -5.80. The number of piperidine rings is 1. The molecule has 2 saturated heterocycles. The average molecular weight is 774 g/mol. The zero-order chi connectivity index (χ0) is 39.3. The van der Waals surface area contributed by atoms with Crippen molar-refractivity contribution >= 4 is 40.7 Å². The summed E-state index contributed by atoms with van der Waals surface area (Å²) < 4.78 is 1.78. The number of anilines is 3.